The summed E-state index contributed by atoms with van der Waals surface area (Å²) < 4.78 is 11.1. The van der Waals surface area contributed by atoms with Crippen LogP contribution in [0, 0.1) is 0 Å². The minimum atomic E-state index is 0.750. The molecule has 92 valence electrons. The Morgan fingerprint density at radius 3 is 2.88 bits per heavy atom. The number of nitrogens with one attached hydrogen (secondary N) is 1. The van der Waals surface area contributed by atoms with E-state index in [0.717, 1.165) is 51.7 Å². The van der Waals surface area contributed by atoms with Crippen LogP contribution in [-0.2, 0) is 11.3 Å². The van der Waals surface area contributed by atoms with E-state index in [4.69, 9.17) is 9.47 Å². The molecule has 0 saturated carbocycles. The molecule has 2 aliphatic heterocycles. The lowest BCUT2D eigenvalue weighted by molar-refractivity contribution is 0.122. The van der Waals surface area contributed by atoms with Gasteiger partial charge in [0.05, 0.1) is 13.2 Å². The maximum atomic E-state index is 5.76. The Hall–Kier alpha value is -1.26. The van der Waals surface area contributed by atoms with Crippen molar-refractivity contribution >= 4 is 5.69 Å². The van der Waals surface area contributed by atoms with Crippen molar-refractivity contribution in [2.75, 3.05) is 44.4 Å². The van der Waals surface area contributed by atoms with E-state index < -0.39 is 0 Å². The summed E-state index contributed by atoms with van der Waals surface area (Å²) in [5.74, 6) is 1.03. The lowest BCUT2D eigenvalue weighted by atomic mass is 10.1. The van der Waals surface area contributed by atoms with Gasteiger partial charge < -0.3 is 19.7 Å². The van der Waals surface area contributed by atoms with Crippen LogP contribution >= 0.6 is 0 Å². The average molecular weight is 234 g/mol. The van der Waals surface area contributed by atoms with Crippen LogP contribution in [0.25, 0.3) is 0 Å². The second-order valence-electron chi connectivity index (χ2n) is 4.42. The highest BCUT2D eigenvalue weighted by Crippen LogP contribution is 2.27. The van der Waals surface area contributed by atoms with E-state index in [9.17, 15) is 0 Å². The topological polar surface area (TPSA) is 33.7 Å². The fourth-order valence-corrected chi connectivity index (χ4v) is 2.30. The molecular weight excluding hydrogens is 216 g/mol. The summed E-state index contributed by atoms with van der Waals surface area (Å²) in [5.41, 5.74) is 2.49. The SMILES string of the molecule is c1cc2c(cc1N1CCOCC1)OCCNC2. The number of morpholine rings is 1. The maximum Gasteiger partial charge on any atom is 0.125 e. The first-order valence-electron chi connectivity index (χ1n) is 6.22. The Balaban J connectivity index is 1.83. The first kappa shape index (κ1) is 10.9. The third kappa shape index (κ3) is 2.37. The van der Waals surface area contributed by atoms with E-state index in [0.29, 0.717) is 0 Å². The summed E-state index contributed by atoms with van der Waals surface area (Å²) >= 11 is 0. The molecule has 0 unspecified atom stereocenters. The fourth-order valence-electron chi connectivity index (χ4n) is 2.30. The molecule has 1 fully saturated rings. The standard InChI is InChI=1S/C13H18N2O2/c1-2-12(15-4-7-16-8-5-15)9-13-11(1)10-14-3-6-17-13/h1-2,9,14H,3-8,10H2. The molecular formula is C13H18N2O2. The van der Waals surface area contributed by atoms with E-state index in [1.165, 1.54) is 11.3 Å². The van der Waals surface area contributed by atoms with Crippen molar-refractivity contribution in [3.8, 4) is 5.75 Å². The van der Waals surface area contributed by atoms with Crippen LogP contribution in [0.2, 0.25) is 0 Å². The Bertz CT molecular complexity index is 389. The first-order chi connectivity index (χ1) is 8.43. The molecule has 0 atom stereocenters. The highest BCUT2D eigenvalue weighted by atomic mass is 16.5. The van der Waals surface area contributed by atoms with Gasteiger partial charge in [0.15, 0.2) is 0 Å². The molecule has 1 aromatic carbocycles. The maximum absolute atomic E-state index is 5.76. The highest BCUT2D eigenvalue weighted by Gasteiger charge is 2.14. The van der Waals surface area contributed by atoms with Crippen LogP contribution in [0.3, 0.4) is 0 Å². The molecule has 0 bridgehead atoms. The lowest BCUT2D eigenvalue weighted by Gasteiger charge is -2.29. The second-order valence-corrected chi connectivity index (χ2v) is 4.42. The smallest absolute Gasteiger partial charge is 0.125 e. The van der Waals surface area contributed by atoms with Crippen molar-refractivity contribution in [2.24, 2.45) is 0 Å². The molecule has 0 aliphatic carbocycles. The summed E-state index contributed by atoms with van der Waals surface area (Å²) in [6, 6.07) is 6.51. The molecule has 3 rings (SSSR count). The molecule has 2 heterocycles. The molecule has 0 spiro atoms. The summed E-state index contributed by atoms with van der Waals surface area (Å²) in [5, 5.41) is 3.34. The van der Waals surface area contributed by atoms with E-state index in [1.54, 1.807) is 0 Å². The van der Waals surface area contributed by atoms with Crippen LogP contribution in [-0.4, -0.2) is 39.5 Å². The Kier molecular flexibility index (Phi) is 3.16. The van der Waals surface area contributed by atoms with Crippen molar-refractivity contribution in [1.29, 1.82) is 0 Å². The van der Waals surface area contributed by atoms with Crippen LogP contribution < -0.4 is 15.0 Å². The monoisotopic (exact) mass is 234 g/mol. The highest BCUT2D eigenvalue weighted by molar-refractivity contribution is 5.54. The number of hydrogen-bond acceptors (Lipinski definition) is 4. The quantitative estimate of drug-likeness (QED) is 0.786. The second kappa shape index (κ2) is 4.94. The van der Waals surface area contributed by atoms with Gasteiger partial charge in [-0.3, -0.25) is 0 Å². The molecule has 4 nitrogen and oxygen atoms in total. The van der Waals surface area contributed by atoms with Crippen LogP contribution in [0.1, 0.15) is 5.56 Å². The molecule has 1 saturated heterocycles. The Labute approximate surface area is 102 Å². The zero-order valence-corrected chi connectivity index (χ0v) is 9.95. The largest absolute Gasteiger partial charge is 0.492 e. The molecule has 0 aromatic heterocycles. The number of fused-ring (bicyclic) bond motifs is 1. The van der Waals surface area contributed by atoms with E-state index in [1.807, 2.05) is 0 Å². The summed E-state index contributed by atoms with van der Waals surface area (Å²) in [4.78, 5) is 2.35. The lowest BCUT2D eigenvalue weighted by Crippen LogP contribution is -2.36. The zero-order valence-electron chi connectivity index (χ0n) is 9.95. The van der Waals surface area contributed by atoms with Gasteiger partial charge in [0.2, 0.25) is 0 Å². The molecule has 0 radical (unpaired) electrons. The first-order valence-corrected chi connectivity index (χ1v) is 6.22. The average Bonchev–Trinajstić information content (AvgIpc) is 2.64. The van der Waals surface area contributed by atoms with E-state index >= 15 is 0 Å². The summed E-state index contributed by atoms with van der Waals surface area (Å²) in [6.45, 7) is 6.15. The zero-order chi connectivity index (χ0) is 11.5. The van der Waals surface area contributed by atoms with Gasteiger partial charge in [0, 0.05) is 43.5 Å². The van der Waals surface area contributed by atoms with Crippen molar-refractivity contribution in [3.63, 3.8) is 0 Å². The van der Waals surface area contributed by atoms with Gasteiger partial charge in [0.25, 0.3) is 0 Å². The number of benzene rings is 1. The molecule has 1 aromatic rings. The van der Waals surface area contributed by atoms with Gasteiger partial charge in [-0.25, -0.2) is 0 Å². The Morgan fingerprint density at radius 1 is 1.12 bits per heavy atom. The number of nitrogens with zero attached hydrogens (tertiary/aromatic N) is 1. The van der Waals surface area contributed by atoms with Crippen molar-refractivity contribution in [1.82, 2.24) is 5.32 Å². The molecule has 0 amide bonds. The van der Waals surface area contributed by atoms with Crippen molar-refractivity contribution < 1.29 is 9.47 Å². The normalized spacial score (nSPS) is 20.4. The summed E-state index contributed by atoms with van der Waals surface area (Å²) in [6.07, 6.45) is 0. The Morgan fingerprint density at radius 2 is 2.00 bits per heavy atom. The van der Waals surface area contributed by atoms with Crippen LogP contribution in [0.5, 0.6) is 5.75 Å². The molecule has 1 N–H and O–H groups in total. The third-order valence-corrected chi connectivity index (χ3v) is 3.28. The van der Waals surface area contributed by atoms with Gasteiger partial charge in [-0.15, -0.1) is 0 Å². The van der Waals surface area contributed by atoms with Crippen LogP contribution in [0.4, 0.5) is 5.69 Å². The van der Waals surface area contributed by atoms with Crippen molar-refractivity contribution in [2.45, 2.75) is 6.54 Å². The predicted molar refractivity (Wildman–Crippen MR) is 66.7 cm³/mol. The van der Waals surface area contributed by atoms with Crippen molar-refractivity contribution in [3.05, 3.63) is 23.8 Å². The summed E-state index contributed by atoms with van der Waals surface area (Å²) in [7, 11) is 0. The number of rotatable bonds is 1. The number of hydrogen-bond donors (Lipinski definition) is 1. The number of anilines is 1. The minimum Gasteiger partial charge on any atom is -0.492 e. The van der Waals surface area contributed by atoms with Gasteiger partial charge in [-0.2, -0.15) is 0 Å². The van der Waals surface area contributed by atoms with Gasteiger partial charge in [0.1, 0.15) is 12.4 Å². The number of ether oxygens (including phenoxy) is 2. The molecule has 4 heteroatoms. The fraction of sp³-hybridized carbons (Fsp3) is 0.538. The molecule has 2 aliphatic rings. The van der Waals surface area contributed by atoms with Crippen LogP contribution in [0.15, 0.2) is 18.2 Å². The predicted octanol–water partition coefficient (Wildman–Crippen LogP) is 1.01. The van der Waals surface area contributed by atoms with Gasteiger partial charge in [-0.05, 0) is 6.07 Å². The minimum absolute atomic E-state index is 0.750. The van der Waals surface area contributed by atoms with Gasteiger partial charge in [-0.1, -0.05) is 6.07 Å². The van der Waals surface area contributed by atoms with Gasteiger partial charge >= 0.3 is 0 Å². The van der Waals surface area contributed by atoms with E-state index in [2.05, 4.69) is 28.4 Å². The third-order valence-electron chi connectivity index (χ3n) is 3.28. The molecule has 17 heavy (non-hydrogen) atoms. The van der Waals surface area contributed by atoms with E-state index in [-0.39, 0.29) is 0 Å².